The van der Waals surface area contributed by atoms with E-state index in [0.717, 1.165) is 21.5 Å². The van der Waals surface area contributed by atoms with Gasteiger partial charge in [-0.15, -0.1) is 0 Å². The molecule has 3 aromatic rings. The minimum atomic E-state index is -3.66. The highest BCUT2D eigenvalue weighted by atomic mass is 32.2. The number of imidazole rings is 1. The highest BCUT2D eigenvalue weighted by molar-refractivity contribution is 7.90. The molecule has 0 unspecified atom stereocenters. The van der Waals surface area contributed by atoms with Gasteiger partial charge in [0.15, 0.2) is 17.3 Å². The van der Waals surface area contributed by atoms with Crippen molar-refractivity contribution >= 4 is 20.9 Å². The lowest BCUT2D eigenvalue weighted by Crippen LogP contribution is -2.32. The number of hydrogen-bond acceptors (Lipinski definition) is 6. The SMILES string of the molecule is CCOc1cc([C@@H](CS(C)(=O)=O)n2c(=O)n(CCO)c3cc(F)cc(F)c32)ccc1OC. The first-order chi connectivity index (χ1) is 15.1. The van der Waals surface area contributed by atoms with E-state index in [-0.39, 0.29) is 17.6 Å². The van der Waals surface area contributed by atoms with Crippen LogP contribution in [0.5, 0.6) is 11.5 Å². The molecular weight excluding hydrogens is 446 g/mol. The van der Waals surface area contributed by atoms with E-state index in [1.54, 1.807) is 19.1 Å². The summed E-state index contributed by atoms with van der Waals surface area (Å²) in [5.74, 6) is -1.73. The summed E-state index contributed by atoms with van der Waals surface area (Å²) in [7, 11) is -2.21. The van der Waals surface area contributed by atoms with Gasteiger partial charge in [-0.25, -0.2) is 22.0 Å². The summed E-state index contributed by atoms with van der Waals surface area (Å²) < 4.78 is 66.2. The van der Waals surface area contributed by atoms with E-state index in [1.165, 1.54) is 13.2 Å². The lowest BCUT2D eigenvalue weighted by molar-refractivity contribution is 0.275. The van der Waals surface area contributed by atoms with Gasteiger partial charge in [-0.2, -0.15) is 0 Å². The molecule has 0 fully saturated rings. The van der Waals surface area contributed by atoms with Gasteiger partial charge in [0.05, 0.1) is 44.2 Å². The zero-order chi connectivity index (χ0) is 23.6. The van der Waals surface area contributed by atoms with Crippen LogP contribution in [0.2, 0.25) is 0 Å². The van der Waals surface area contributed by atoms with Crippen molar-refractivity contribution in [2.75, 3.05) is 32.3 Å². The van der Waals surface area contributed by atoms with E-state index in [9.17, 15) is 27.1 Å². The number of methoxy groups -OCH3 is 1. The molecule has 0 radical (unpaired) electrons. The summed E-state index contributed by atoms with van der Waals surface area (Å²) in [5.41, 5.74) is -0.764. The topological polar surface area (TPSA) is 99.8 Å². The molecule has 0 aliphatic heterocycles. The Morgan fingerprint density at radius 1 is 1.16 bits per heavy atom. The van der Waals surface area contributed by atoms with Gasteiger partial charge < -0.3 is 14.6 Å². The van der Waals surface area contributed by atoms with E-state index in [2.05, 4.69) is 0 Å². The van der Waals surface area contributed by atoms with Gasteiger partial charge in [-0.05, 0) is 24.6 Å². The predicted molar refractivity (Wildman–Crippen MR) is 115 cm³/mol. The molecule has 11 heteroatoms. The molecule has 1 heterocycles. The van der Waals surface area contributed by atoms with Gasteiger partial charge in [-0.1, -0.05) is 6.07 Å². The Balaban J connectivity index is 2.36. The van der Waals surface area contributed by atoms with Gasteiger partial charge in [0.25, 0.3) is 0 Å². The molecule has 0 aliphatic rings. The summed E-state index contributed by atoms with van der Waals surface area (Å²) in [6.07, 6.45) is 1.00. The fourth-order valence-electron chi connectivity index (χ4n) is 3.71. The third-order valence-corrected chi connectivity index (χ3v) is 5.87. The Bertz CT molecular complexity index is 1300. The van der Waals surface area contributed by atoms with Crippen molar-refractivity contribution in [2.45, 2.75) is 19.5 Å². The molecule has 1 atom stereocenters. The van der Waals surface area contributed by atoms with Crippen LogP contribution >= 0.6 is 0 Å². The predicted octanol–water partition coefficient (Wildman–Crippen LogP) is 2.11. The normalized spacial score (nSPS) is 12.8. The van der Waals surface area contributed by atoms with Gasteiger partial charge in [0.2, 0.25) is 0 Å². The maximum absolute atomic E-state index is 14.9. The number of rotatable bonds is 9. The summed E-state index contributed by atoms with van der Waals surface area (Å²) in [5, 5.41) is 9.36. The van der Waals surface area contributed by atoms with E-state index in [1.807, 2.05) is 0 Å². The molecular formula is C21H24F2N2O6S. The Morgan fingerprint density at radius 3 is 2.47 bits per heavy atom. The third kappa shape index (κ3) is 4.63. The van der Waals surface area contributed by atoms with E-state index in [4.69, 9.17) is 9.47 Å². The summed E-state index contributed by atoms with van der Waals surface area (Å²) in [6, 6.07) is 5.09. The number of hydrogen-bond donors (Lipinski definition) is 1. The van der Waals surface area contributed by atoms with Crippen LogP contribution in [0.15, 0.2) is 35.1 Å². The number of fused-ring (bicyclic) bond motifs is 1. The average Bonchev–Trinajstić information content (AvgIpc) is 2.98. The van der Waals surface area contributed by atoms with Crippen molar-refractivity contribution in [3.8, 4) is 11.5 Å². The second-order valence-corrected chi connectivity index (χ2v) is 9.42. The molecule has 0 saturated carbocycles. The van der Waals surface area contributed by atoms with Crippen molar-refractivity contribution in [3.05, 3.63) is 58.0 Å². The Morgan fingerprint density at radius 2 is 1.88 bits per heavy atom. The molecule has 1 N–H and O–H groups in total. The summed E-state index contributed by atoms with van der Waals surface area (Å²) >= 11 is 0. The van der Waals surface area contributed by atoms with Crippen LogP contribution in [0.25, 0.3) is 11.0 Å². The number of aliphatic hydroxyl groups is 1. The zero-order valence-electron chi connectivity index (χ0n) is 17.8. The van der Waals surface area contributed by atoms with Crippen molar-refractivity contribution in [1.29, 1.82) is 0 Å². The highest BCUT2D eigenvalue weighted by Crippen LogP contribution is 2.33. The minimum absolute atomic E-state index is 0.0846. The summed E-state index contributed by atoms with van der Waals surface area (Å²) in [6.45, 7) is 1.39. The van der Waals surface area contributed by atoms with Crippen molar-refractivity contribution in [3.63, 3.8) is 0 Å². The lowest BCUT2D eigenvalue weighted by Gasteiger charge is -2.20. The smallest absolute Gasteiger partial charge is 0.329 e. The van der Waals surface area contributed by atoms with E-state index >= 15 is 0 Å². The van der Waals surface area contributed by atoms with Crippen LogP contribution in [-0.4, -0.2) is 55.0 Å². The fourth-order valence-corrected chi connectivity index (χ4v) is 4.62. The number of nitrogens with zero attached hydrogens (tertiary/aromatic N) is 2. The molecule has 0 saturated heterocycles. The minimum Gasteiger partial charge on any atom is -0.493 e. The van der Waals surface area contributed by atoms with Crippen molar-refractivity contribution in [2.24, 2.45) is 0 Å². The molecule has 1 aromatic heterocycles. The standard InChI is InChI=1S/C21H24F2N2O6S/c1-4-31-19-9-13(5-6-18(19)30-2)17(12-32(3,28)29)25-20-15(23)10-14(22)11-16(20)24(7-8-26)21(25)27/h5-6,9-11,17,26H,4,7-8,12H2,1-3H3/t17-/m1/s1. The number of halogens is 2. The monoisotopic (exact) mass is 470 g/mol. The van der Waals surface area contributed by atoms with Crippen molar-refractivity contribution < 1.29 is 31.8 Å². The molecule has 0 bridgehead atoms. The number of aliphatic hydroxyl groups excluding tert-OH is 1. The molecule has 0 amide bonds. The fraction of sp³-hybridized carbons (Fsp3) is 0.381. The molecule has 0 spiro atoms. The Hall–Kier alpha value is -2.92. The van der Waals surface area contributed by atoms with Gasteiger partial charge in [-0.3, -0.25) is 9.13 Å². The van der Waals surface area contributed by atoms with Gasteiger partial charge in [0.1, 0.15) is 21.2 Å². The first-order valence-electron chi connectivity index (χ1n) is 9.80. The maximum Gasteiger partial charge on any atom is 0.329 e. The highest BCUT2D eigenvalue weighted by Gasteiger charge is 2.28. The number of ether oxygens (including phenoxy) is 2. The zero-order valence-corrected chi connectivity index (χ0v) is 18.7. The molecule has 32 heavy (non-hydrogen) atoms. The van der Waals surface area contributed by atoms with Crippen LogP contribution in [0, 0.1) is 11.6 Å². The third-order valence-electron chi connectivity index (χ3n) is 4.94. The number of aromatic nitrogens is 2. The number of sulfone groups is 1. The quantitative estimate of drug-likeness (QED) is 0.514. The molecule has 174 valence electrons. The Labute approximate surface area is 183 Å². The lowest BCUT2D eigenvalue weighted by atomic mass is 10.1. The van der Waals surface area contributed by atoms with E-state index < -0.39 is 45.6 Å². The van der Waals surface area contributed by atoms with Crippen LogP contribution in [0.3, 0.4) is 0 Å². The van der Waals surface area contributed by atoms with Crippen LogP contribution in [0.1, 0.15) is 18.5 Å². The maximum atomic E-state index is 14.9. The first-order valence-corrected chi connectivity index (χ1v) is 11.9. The molecule has 8 nitrogen and oxygen atoms in total. The molecule has 2 aromatic carbocycles. The first kappa shape index (κ1) is 23.7. The van der Waals surface area contributed by atoms with Gasteiger partial charge >= 0.3 is 5.69 Å². The van der Waals surface area contributed by atoms with Crippen LogP contribution < -0.4 is 15.2 Å². The second kappa shape index (κ2) is 9.29. The van der Waals surface area contributed by atoms with Crippen molar-refractivity contribution in [1.82, 2.24) is 9.13 Å². The Kier molecular flexibility index (Phi) is 6.89. The van der Waals surface area contributed by atoms with Crippen LogP contribution in [-0.2, 0) is 16.4 Å². The summed E-state index contributed by atoms with van der Waals surface area (Å²) in [4.78, 5) is 13.3. The molecule has 3 rings (SSSR count). The largest absolute Gasteiger partial charge is 0.493 e. The second-order valence-electron chi connectivity index (χ2n) is 7.23. The average molecular weight is 470 g/mol. The van der Waals surface area contributed by atoms with E-state index in [0.29, 0.717) is 29.7 Å². The number of benzene rings is 2. The van der Waals surface area contributed by atoms with Gasteiger partial charge in [0, 0.05) is 18.4 Å². The van der Waals surface area contributed by atoms with Crippen LogP contribution in [0.4, 0.5) is 8.78 Å². The molecule has 0 aliphatic carbocycles.